The van der Waals surface area contributed by atoms with Gasteiger partial charge in [0.05, 0.1) is 28.2 Å². The molecule has 6 heteroatoms. The minimum atomic E-state index is -0.449. The van der Waals surface area contributed by atoms with E-state index in [9.17, 15) is 9.59 Å². The lowest BCUT2D eigenvalue weighted by Gasteiger charge is -2.29. The lowest BCUT2D eigenvalue weighted by atomic mass is 9.75. The number of carbonyl (C=O) groups excluding carboxylic acids is 2. The highest BCUT2D eigenvalue weighted by Crippen LogP contribution is 2.37. The Morgan fingerprint density at radius 3 is 2.74 bits per heavy atom. The van der Waals surface area contributed by atoms with Crippen molar-refractivity contribution in [1.82, 2.24) is 9.78 Å². The third-order valence-corrected chi connectivity index (χ3v) is 5.51. The number of nitrogens with zero attached hydrogens (tertiary/aromatic N) is 2. The van der Waals surface area contributed by atoms with Crippen LogP contribution in [0.25, 0.3) is 5.69 Å². The highest BCUT2D eigenvalue weighted by molar-refractivity contribution is 6.00. The monoisotopic (exact) mass is 366 g/mol. The van der Waals surface area contributed by atoms with Crippen molar-refractivity contribution in [3.63, 3.8) is 0 Å². The second-order valence-corrected chi connectivity index (χ2v) is 8.68. The summed E-state index contributed by atoms with van der Waals surface area (Å²) in [7, 11) is 0. The molecule has 4 rings (SSSR count). The van der Waals surface area contributed by atoms with Crippen LogP contribution in [-0.2, 0) is 6.42 Å². The van der Waals surface area contributed by atoms with Gasteiger partial charge in [-0.15, -0.1) is 0 Å². The topological polar surface area (TPSA) is 90.0 Å². The number of hydrogen-bond acceptors (Lipinski definition) is 4. The van der Waals surface area contributed by atoms with Crippen molar-refractivity contribution in [2.24, 2.45) is 17.1 Å². The molecule has 0 unspecified atom stereocenters. The zero-order valence-corrected chi connectivity index (χ0v) is 16.1. The summed E-state index contributed by atoms with van der Waals surface area (Å²) in [4.78, 5) is 24.4. The molecule has 142 valence electrons. The molecule has 27 heavy (non-hydrogen) atoms. The molecule has 1 fully saturated rings. The number of benzene rings is 1. The van der Waals surface area contributed by atoms with Gasteiger partial charge < -0.3 is 11.1 Å². The third-order valence-electron chi connectivity index (χ3n) is 5.51. The Morgan fingerprint density at radius 1 is 1.33 bits per heavy atom. The fraction of sp³-hybridized carbons (Fsp3) is 0.476. The lowest BCUT2D eigenvalue weighted by molar-refractivity contribution is 0.0909. The van der Waals surface area contributed by atoms with E-state index in [1.165, 1.54) is 12.8 Å². The molecule has 2 aromatic rings. The molecule has 0 atom stereocenters. The number of anilines is 1. The summed E-state index contributed by atoms with van der Waals surface area (Å²) in [6.45, 7) is 6.94. The van der Waals surface area contributed by atoms with Crippen molar-refractivity contribution in [1.29, 1.82) is 0 Å². The van der Waals surface area contributed by atoms with E-state index in [0.29, 0.717) is 17.9 Å². The number of fused-ring (bicyclic) bond motifs is 1. The van der Waals surface area contributed by atoms with Crippen LogP contribution in [0.15, 0.2) is 18.2 Å². The van der Waals surface area contributed by atoms with Gasteiger partial charge in [0.1, 0.15) is 0 Å². The average Bonchev–Trinajstić information content (AvgIpc) is 3.34. The van der Waals surface area contributed by atoms with Crippen LogP contribution in [0.4, 0.5) is 5.69 Å². The van der Waals surface area contributed by atoms with Gasteiger partial charge in [-0.2, -0.15) is 5.10 Å². The van der Waals surface area contributed by atoms with E-state index >= 15 is 0 Å². The molecular weight excluding hydrogens is 340 g/mol. The second kappa shape index (κ2) is 6.22. The molecule has 1 heterocycles. The third kappa shape index (κ3) is 3.36. The van der Waals surface area contributed by atoms with Gasteiger partial charge in [-0.1, -0.05) is 13.8 Å². The molecule has 1 saturated carbocycles. The van der Waals surface area contributed by atoms with Crippen LogP contribution in [-0.4, -0.2) is 28.0 Å². The van der Waals surface area contributed by atoms with E-state index in [4.69, 9.17) is 5.73 Å². The number of Topliss-reactive ketones (excluding diaryl/α,β-unsaturated/α-hetero) is 1. The average molecular weight is 366 g/mol. The fourth-order valence-electron chi connectivity index (χ4n) is 3.95. The Hall–Kier alpha value is -2.63. The smallest absolute Gasteiger partial charge is 0.250 e. The van der Waals surface area contributed by atoms with Crippen molar-refractivity contribution in [3.8, 4) is 5.69 Å². The molecule has 0 aliphatic heterocycles. The van der Waals surface area contributed by atoms with Gasteiger partial charge in [0.2, 0.25) is 0 Å². The zero-order valence-electron chi connectivity index (χ0n) is 16.1. The Bertz CT molecular complexity index is 938. The number of nitrogens with one attached hydrogen (secondary N) is 1. The maximum absolute atomic E-state index is 12.6. The highest BCUT2D eigenvalue weighted by atomic mass is 16.1. The molecule has 3 N–H and O–H groups in total. The fourth-order valence-corrected chi connectivity index (χ4v) is 3.95. The van der Waals surface area contributed by atoms with Crippen LogP contribution < -0.4 is 11.1 Å². The molecule has 1 amide bonds. The van der Waals surface area contributed by atoms with Crippen molar-refractivity contribution in [3.05, 3.63) is 40.7 Å². The van der Waals surface area contributed by atoms with Crippen molar-refractivity contribution in [2.45, 2.75) is 46.5 Å². The van der Waals surface area contributed by atoms with Crippen molar-refractivity contribution >= 4 is 17.4 Å². The molecule has 2 aliphatic carbocycles. The van der Waals surface area contributed by atoms with Gasteiger partial charge in [-0.25, -0.2) is 4.68 Å². The van der Waals surface area contributed by atoms with E-state index < -0.39 is 5.91 Å². The summed E-state index contributed by atoms with van der Waals surface area (Å²) in [6.07, 6.45) is 3.78. The minimum Gasteiger partial charge on any atom is -0.384 e. The molecule has 6 nitrogen and oxygen atoms in total. The van der Waals surface area contributed by atoms with Gasteiger partial charge in [-0.05, 0) is 55.7 Å². The summed E-state index contributed by atoms with van der Waals surface area (Å²) in [5.74, 6) is 0.383. The van der Waals surface area contributed by atoms with Gasteiger partial charge >= 0.3 is 0 Å². The van der Waals surface area contributed by atoms with Crippen LogP contribution in [0.3, 0.4) is 0 Å². The number of carbonyl (C=O) groups is 2. The van der Waals surface area contributed by atoms with Crippen LogP contribution in [0.1, 0.15) is 65.2 Å². The predicted octanol–water partition coefficient (Wildman–Crippen LogP) is 3.26. The molecule has 2 aliphatic rings. The van der Waals surface area contributed by atoms with E-state index in [0.717, 1.165) is 41.3 Å². The summed E-state index contributed by atoms with van der Waals surface area (Å²) < 4.78 is 1.86. The number of ketones is 1. The number of aromatic nitrogens is 2. The summed E-state index contributed by atoms with van der Waals surface area (Å²) in [5, 5.41) is 8.02. The lowest BCUT2D eigenvalue weighted by Crippen LogP contribution is -2.28. The first-order valence-electron chi connectivity index (χ1n) is 9.55. The minimum absolute atomic E-state index is 0.0888. The molecule has 0 bridgehead atoms. The van der Waals surface area contributed by atoms with Crippen LogP contribution in [0.2, 0.25) is 0 Å². The molecule has 1 aromatic carbocycles. The zero-order chi connectivity index (χ0) is 19.3. The molecule has 0 saturated heterocycles. The SMILES string of the molecule is Cc1nn(-c2ccc(C(N)=O)c(NCC3CC3)c2)c2c1C(=O)CC(C)(C)C2. The Kier molecular flexibility index (Phi) is 4.09. The first-order chi connectivity index (χ1) is 12.7. The van der Waals surface area contributed by atoms with Crippen LogP contribution in [0.5, 0.6) is 0 Å². The van der Waals surface area contributed by atoms with E-state index in [2.05, 4.69) is 24.3 Å². The van der Waals surface area contributed by atoms with Crippen molar-refractivity contribution in [2.75, 3.05) is 11.9 Å². The second-order valence-electron chi connectivity index (χ2n) is 8.68. The van der Waals surface area contributed by atoms with Gasteiger partial charge in [0, 0.05) is 18.7 Å². The quantitative estimate of drug-likeness (QED) is 0.850. The van der Waals surface area contributed by atoms with Crippen molar-refractivity contribution < 1.29 is 9.59 Å². The largest absolute Gasteiger partial charge is 0.384 e. The van der Waals surface area contributed by atoms with Crippen LogP contribution in [0, 0.1) is 18.3 Å². The van der Waals surface area contributed by atoms with Gasteiger partial charge in [0.25, 0.3) is 5.91 Å². The first kappa shape index (κ1) is 17.8. The summed E-state index contributed by atoms with van der Waals surface area (Å²) >= 11 is 0. The molecule has 0 radical (unpaired) electrons. The predicted molar refractivity (Wildman–Crippen MR) is 104 cm³/mol. The van der Waals surface area contributed by atoms with Gasteiger partial charge in [0.15, 0.2) is 5.78 Å². The van der Waals surface area contributed by atoms with Crippen LogP contribution >= 0.6 is 0 Å². The Balaban J connectivity index is 1.77. The maximum Gasteiger partial charge on any atom is 0.250 e. The number of hydrogen-bond donors (Lipinski definition) is 2. The number of aryl methyl sites for hydroxylation is 1. The summed E-state index contributed by atoms with van der Waals surface area (Å²) in [6, 6.07) is 5.51. The Morgan fingerprint density at radius 2 is 2.07 bits per heavy atom. The number of primary amides is 1. The molecule has 1 aromatic heterocycles. The first-order valence-corrected chi connectivity index (χ1v) is 9.55. The van der Waals surface area contributed by atoms with E-state index in [1.54, 1.807) is 6.07 Å². The number of amides is 1. The standard InChI is InChI=1S/C21H26N4O2/c1-12-19-17(9-21(2,3)10-18(19)26)25(24-12)14-6-7-15(20(22)27)16(8-14)23-11-13-4-5-13/h6-8,13,23H,4-5,9-11H2,1-3H3,(H2,22,27). The Labute approximate surface area is 159 Å². The van der Waals surface area contributed by atoms with E-state index in [1.807, 2.05) is 23.7 Å². The van der Waals surface area contributed by atoms with E-state index in [-0.39, 0.29) is 11.2 Å². The maximum atomic E-state index is 12.6. The number of nitrogens with two attached hydrogens (primary N) is 1. The molecular formula is C21H26N4O2. The van der Waals surface area contributed by atoms with Gasteiger partial charge in [-0.3, -0.25) is 9.59 Å². The number of rotatable bonds is 5. The summed E-state index contributed by atoms with van der Waals surface area (Å²) in [5.41, 5.74) is 9.98. The normalized spacial score (nSPS) is 18.3. The highest BCUT2D eigenvalue weighted by Gasteiger charge is 2.35. The molecule has 0 spiro atoms.